The van der Waals surface area contributed by atoms with E-state index in [9.17, 15) is 29.1 Å². The molecule has 4 amide bonds. The van der Waals surface area contributed by atoms with Crippen molar-refractivity contribution in [3.63, 3.8) is 0 Å². The smallest absolute Gasteiger partial charge is 0.335 e. The molecule has 0 unspecified atom stereocenters. The Kier molecular flexibility index (Phi) is 6.99. The Hall–Kier alpha value is -5.86. The highest BCUT2D eigenvalue weighted by Gasteiger charge is 2.22. The zero-order valence-corrected chi connectivity index (χ0v) is 21.4. The van der Waals surface area contributed by atoms with Gasteiger partial charge in [0.1, 0.15) is 17.1 Å². The molecule has 15 nitrogen and oxygen atoms in total. The van der Waals surface area contributed by atoms with Gasteiger partial charge in [0.05, 0.1) is 11.3 Å². The molecule has 15 heteroatoms. The molecule has 41 heavy (non-hydrogen) atoms. The Morgan fingerprint density at radius 2 is 1.73 bits per heavy atom. The minimum absolute atomic E-state index is 0.0381. The first-order chi connectivity index (χ1) is 19.6. The fraction of sp³-hybridized carbons (Fsp3) is 0.154. The van der Waals surface area contributed by atoms with Crippen molar-refractivity contribution in [1.82, 2.24) is 30.2 Å². The number of amides is 4. The summed E-state index contributed by atoms with van der Waals surface area (Å²) in [5.41, 5.74) is 7.40. The molecule has 0 aliphatic carbocycles. The molecule has 0 bridgehead atoms. The summed E-state index contributed by atoms with van der Waals surface area (Å²) in [4.78, 5) is 68.8. The number of aromatic carboxylic acids is 1. The van der Waals surface area contributed by atoms with Crippen LogP contribution in [0, 0.1) is 6.92 Å². The summed E-state index contributed by atoms with van der Waals surface area (Å²) in [6, 6.07) is 10.9. The lowest BCUT2D eigenvalue weighted by molar-refractivity contribution is -0.118. The van der Waals surface area contributed by atoms with Crippen LogP contribution in [-0.2, 0) is 17.9 Å². The van der Waals surface area contributed by atoms with E-state index in [1.54, 1.807) is 37.3 Å². The number of carbonyl (C=O) groups is 5. The molecule has 0 radical (unpaired) electrons. The number of carboxylic acids is 1. The third-order valence-corrected chi connectivity index (χ3v) is 6.10. The van der Waals surface area contributed by atoms with Crippen LogP contribution < -0.4 is 26.4 Å². The number of nitrogens with zero attached hydrogens (tertiary/aromatic N) is 4. The van der Waals surface area contributed by atoms with Crippen LogP contribution >= 0.6 is 0 Å². The van der Waals surface area contributed by atoms with E-state index in [0.29, 0.717) is 28.1 Å². The lowest BCUT2D eigenvalue weighted by Crippen LogP contribution is -2.29. The lowest BCUT2D eigenvalue weighted by Gasteiger charge is -2.18. The molecule has 0 fully saturated rings. The first-order valence-electron chi connectivity index (χ1n) is 12.1. The quantitative estimate of drug-likeness (QED) is 0.201. The number of benzene rings is 2. The predicted octanol–water partition coefficient (Wildman–Crippen LogP) is 0.421. The Labute approximate surface area is 230 Å². The van der Waals surface area contributed by atoms with Crippen molar-refractivity contribution in [2.24, 2.45) is 5.73 Å². The van der Waals surface area contributed by atoms with Crippen LogP contribution in [0.15, 0.2) is 42.5 Å². The van der Waals surface area contributed by atoms with Crippen molar-refractivity contribution in [3.8, 4) is 5.75 Å². The number of aromatic nitrogens is 4. The molecule has 5 rings (SSSR count). The third kappa shape index (κ3) is 5.63. The normalized spacial score (nSPS) is 12.2. The summed E-state index contributed by atoms with van der Waals surface area (Å²) in [5.74, 6) is -3.73. The molecule has 0 atom stereocenters. The van der Waals surface area contributed by atoms with Gasteiger partial charge in [-0.15, -0.1) is 5.10 Å². The minimum Gasteiger partial charge on any atom is -0.482 e. The number of primary amides is 1. The highest BCUT2D eigenvalue weighted by molar-refractivity contribution is 5.99. The summed E-state index contributed by atoms with van der Waals surface area (Å²) in [6.07, 6.45) is 0. The fourth-order valence-electron chi connectivity index (χ4n) is 4.11. The monoisotopic (exact) mass is 558 g/mol. The topological polar surface area (TPSA) is 220 Å². The number of carboxylic acid groups (broad SMARTS) is 1. The number of anilines is 1. The number of nitrogens with one attached hydrogen (secondary N) is 3. The molecular weight excluding hydrogens is 536 g/mol. The molecule has 6 N–H and O–H groups in total. The maximum atomic E-state index is 13.2. The van der Waals surface area contributed by atoms with Crippen LogP contribution in [0.3, 0.4) is 0 Å². The van der Waals surface area contributed by atoms with Gasteiger partial charge < -0.3 is 31.5 Å². The molecule has 2 aromatic heterocycles. The second kappa shape index (κ2) is 10.7. The number of rotatable bonds is 8. The Morgan fingerprint density at radius 1 is 1.02 bits per heavy atom. The van der Waals surface area contributed by atoms with Crippen molar-refractivity contribution >= 4 is 41.1 Å². The molecule has 3 heterocycles. The van der Waals surface area contributed by atoms with Gasteiger partial charge in [-0.05, 0) is 41.8 Å². The Bertz CT molecular complexity index is 1760. The van der Waals surface area contributed by atoms with Gasteiger partial charge in [-0.1, -0.05) is 18.2 Å². The van der Waals surface area contributed by atoms with Crippen molar-refractivity contribution in [2.45, 2.75) is 20.0 Å². The predicted molar refractivity (Wildman–Crippen MR) is 140 cm³/mol. The van der Waals surface area contributed by atoms with Gasteiger partial charge in [-0.3, -0.25) is 19.2 Å². The summed E-state index contributed by atoms with van der Waals surface area (Å²) < 4.78 is 6.34. The molecule has 1 aliphatic rings. The van der Waals surface area contributed by atoms with E-state index in [4.69, 9.17) is 10.5 Å². The molecule has 0 saturated carbocycles. The second-order valence-corrected chi connectivity index (χ2v) is 9.03. The van der Waals surface area contributed by atoms with E-state index < -0.39 is 29.5 Å². The summed E-state index contributed by atoms with van der Waals surface area (Å²) in [5, 5.41) is 21.2. The minimum atomic E-state index is -1.06. The van der Waals surface area contributed by atoms with Crippen molar-refractivity contribution in [3.05, 3.63) is 81.9 Å². The van der Waals surface area contributed by atoms with Gasteiger partial charge in [0.15, 0.2) is 6.61 Å². The van der Waals surface area contributed by atoms with E-state index in [2.05, 4.69) is 31.0 Å². The van der Waals surface area contributed by atoms with Crippen molar-refractivity contribution in [1.29, 1.82) is 0 Å². The van der Waals surface area contributed by atoms with Crippen molar-refractivity contribution in [2.75, 3.05) is 11.9 Å². The average molecular weight is 559 g/mol. The largest absolute Gasteiger partial charge is 0.482 e. The highest BCUT2D eigenvalue weighted by Crippen LogP contribution is 2.28. The molecule has 208 valence electrons. The van der Waals surface area contributed by atoms with Gasteiger partial charge >= 0.3 is 5.97 Å². The first kappa shape index (κ1) is 26.7. The van der Waals surface area contributed by atoms with Crippen LogP contribution in [-0.4, -0.2) is 60.9 Å². The number of aryl methyl sites for hydroxylation is 1. The van der Waals surface area contributed by atoms with E-state index >= 15 is 0 Å². The molecule has 0 spiro atoms. The number of nitrogens with two attached hydrogens (primary N) is 1. The molecular formula is C26H22N8O7. The van der Waals surface area contributed by atoms with E-state index in [-0.39, 0.29) is 48.3 Å². The maximum absolute atomic E-state index is 13.2. The van der Waals surface area contributed by atoms with Gasteiger partial charge in [0, 0.05) is 19.2 Å². The molecule has 4 aromatic rings. The molecule has 2 aromatic carbocycles. The van der Waals surface area contributed by atoms with Crippen molar-refractivity contribution < 1.29 is 33.8 Å². The van der Waals surface area contributed by atoms with Crippen LogP contribution in [0.1, 0.15) is 58.6 Å². The highest BCUT2D eigenvalue weighted by atomic mass is 16.5. The number of carbonyl (C=O) groups excluding carboxylic acids is 4. The fourth-order valence-corrected chi connectivity index (χ4v) is 4.11. The van der Waals surface area contributed by atoms with E-state index in [0.717, 1.165) is 4.52 Å². The SMILES string of the molecule is Cc1cc(CNC(=O)c2cc(C(=O)NCc3ccc4c(c3)NC(=O)CO4)n3nc(C(N)=O)nc3n2)ccc1C(=O)O. The zero-order chi connectivity index (χ0) is 29.3. The van der Waals surface area contributed by atoms with Gasteiger partial charge in [0.25, 0.3) is 29.4 Å². The van der Waals surface area contributed by atoms with Crippen LogP contribution in [0.25, 0.3) is 5.78 Å². The summed E-state index contributed by atoms with van der Waals surface area (Å²) in [7, 11) is 0. The average Bonchev–Trinajstić information content (AvgIpc) is 3.38. The second-order valence-electron chi connectivity index (χ2n) is 9.03. The Balaban J connectivity index is 1.37. The summed E-state index contributed by atoms with van der Waals surface area (Å²) >= 11 is 0. The van der Waals surface area contributed by atoms with Crippen LogP contribution in [0.4, 0.5) is 5.69 Å². The van der Waals surface area contributed by atoms with E-state index in [1.807, 2.05) is 0 Å². The van der Waals surface area contributed by atoms with Crippen LogP contribution in [0.5, 0.6) is 5.75 Å². The number of fused-ring (bicyclic) bond motifs is 2. The summed E-state index contributed by atoms with van der Waals surface area (Å²) in [6.45, 7) is 1.64. The number of hydrogen-bond acceptors (Lipinski definition) is 9. The zero-order valence-electron chi connectivity index (χ0n) is 21.4. The van der Waals surface area contributed by atoms with E-state index in [1.165, 1.54) is 12.1 Å². The first-order valence-corrected chi connectivity index (χ1v) is 12.1. The third-order valence-electron chi connectivity index (χ3n) is 6.10. The van der Waals surface area contributed by atoms with Gasteiger partial charge in [-0.25, -0.2) is 9.78 Å². The van der Waals surface area contributed by atoms with Crippen LogP contribution in [0.2, 0.25) is 0 Å². The number of ether oxygens (including phenoxy) is 1. The van der Waals surface area contributed by atoms with Gasteiger partial charge in [-0.2, -0.15) is 9.50 Å². The maximum Gasteiger partial charge on any atom is 0.335 e. The molecule has 1 aliphatic heterocycles. The Morgan fingerprint density at radius 3 is 2.44 bits per heavy atom. The molecule has 0 saturated heterocycles. The number of hydrogen-bond donors (Lipinski definition) is 5. The lowest BCUT2D eigenvalue weighted by atomic mass is 10.1. The van der Waals surface area contributed by atoms with Gasteiger partial charge in [0.2, 0.25) is 5.82 Å². The standard InChI is InChI=1S/C26H22N8O7/c1-12-6-13(2-4-15(12)25(39)40)9-28-23(37)17-8-18(34-26(31-17)32-22(33-34)21(27)36)24(38)29-10-14-3-5-19-16(7-14)30-20(35)11-41-19/h2-8H,9-11H2,1H3,(H2,27,36)(H,28,37)(H,29,38)(H,30,35)(H,39,40).